The molecule has 2 aromatic rings. The van der Waals surface area contributed by atoms with Crippen molar-refractivity contribution in [3.05, 3.63) is 51.8 Å². The van der Waals surface area contributed by atoms with Gasteiger partial charge < -0.3 is 15.6 Å². The second-order valence-electron chi connectivity index (χ2n) is 4.74. The maximum atomic E-state index is 11.0. The molecule has 0 radical (unpaired) electrons. The number of aliphatic carboxylic acids is 1. The highest BCUT2D eigenvalue weighted by Crippen LogP contribution is 2.20. The van der Waals surface area contributed by atoms with Crippen molar-refractivity contribution in [1.82, 2.24) is 9.78 Å². The number of carbonyl (C=O) groups is 1. The van der Waals surface area contributed by atoms with Crippen molar-refractivity contribution in [1.29, 1.82) is 0 Å². The van der Waals surface area contributed by atoms with Crippen LogP contribution in [-0.4, -0.2) is 15.7 Å². The number of aryl methyl sites for hydroxylation is 1. The molecule has 5 nitrogen and oxygen atoms in total. The summed E-state index contributed by atoms with van der Waals surface area (Å²) in [6.07, 6.45) is 0. The van der Waals surface area contributed by atoms with Gasteiger partial charge in [0.05, 0.1) is 17.8 Å². The number of aromatic nitrogens is 2. The van der Waals surface area contributed by atoms with Crippen LogP contribution in [0.5, 0.6) is 0 Å². The lowest BCUT2D eigenvalue weighted by Crippen LogP contribution is -2.61. The molecule has 0 bridgehead atoms. The Morgan fingerprint density at radius 3 is 2.55 bits per heavy atom. The number of carboxylic acid groups (broad SMARTS) is 1. The summed E-state index contributed by atoms with van der Waals surface area (Å²) in [6.45, 7) is 4.18. The lowest BCUT2D eigenvalue weighted by Gasteiger charge is -2.10. The van der Waals surface area contributed by atoms with E-state index >= 15 is 0 Å². The van der Waals surface area contributed by atoms with Crippen LogP contribution in [0.2, 0.25) is 5.02 Å². The van der Waals surface area contributed by atoms with Gasteiger partial charge in [0.2, 0.25) is 0 Å². The molecule has 0 unspecified atom stereocenters. The molecule has 0 amide bonds. The van der Waals surface area contributed by atoms with Crippen molar-refractivity contribution in [2.45, 2.75) is 26.4 Å². The zero-order valence-corrected chi connectivity index (χ0v) is 12.1. The molecule has 1 atom stereocenters. The third-order valence-electron chi connectivity index (χ3n) is 3.32. The fourth-order valence-electron chi connectivity index (χ4n) is 2.25. The molecule has 3 N–H and O–H groups in total. The van der Waals surface area contributed by atoms with Crippen LogP contribution in [0.25, 0.3) is 0 Å². The maximum absolute atomic E-state index is 11.0. The highest BCUT2D eigenvalue weighted by molar-refractivity contribution is 6.30. The van der Waals surface area contributed by atoms with Gasteiger partial charge in [-0.3, -0.25) is 4.68 Å². The van der Waals surface area contributed by atoms with Crippen LogP contribution in [0, 0.1) is 13.8 Å². The van der Waals surface area contributed by atoms with Crippen LogP contribution >= 0.6 is 11.6 Å². The van der Waals surface area contributed by atoms with Gasteiger partial charge in [-0.15, -0.1) is 0 Å². The van der Waals surface area contributed by atoms with Gasteiger partial charge in [-0.25, -0.2) is 0 Å². The summed E-state index contributed by atoms with van der Waals surface area (Å²) in [7, 11) is 0. The Labute approximate surface area is 122 Å². The fraction of sp³-hybridized carbons (Fsp3) is 0.286. The molecule has 1 aromatic carbocycles. The third-order valence-corrected chi connectivity index (χ3v) is 3.57. The van der Waals surface area contributed by atoms with E-state index in [1.54, 1.807) is 11.6 Å². The van der Waals surface area contributed by atoms with Crippen LogP contribution in [-0.2, 0) is 11.3 Å². The highest BCUT2D eigenvalue weighted by atomic mass is 35.5. The number of rotatable bonds is 4. The topological polar surface area (TPSA) is 85.6 Å². The molecule has 1 aromatic heterocycles. The quantitative estimate of drug-likeness (QED) is 0.876. The molecule has 0 saturated heterocycles. The Balaban J connectivity index is 2.32. The number of halogens is 1. The molecule has 1 heterocycles. The van der Waals surface area contributed by atoms with E-state index in [1.165, 1.54) is 0 Å². The average molecular weight is 294 g/mol. The summed E-state index contributed by atoms with van der Waals surface area (Å²) in [5.74, 6) is -1.19. The van der Waals surface area contributed by atoms with E-state index in [0.29, 0.717) is 22.8 Å². The Hall–Kier alpha value is -1.85. The normalized spacial score (nSPS) is 12.4. The molecule has 0 aliphatic carbocycles. The highest BCUT2D eigenvalue weighted by Gasteiger charge is 2.21. The van der Waals surface area contributed by atoms with Crippen LogP contribution < -0.4 is 10.8 Å². The van der Waals surface area contributed by atoms with Crippen molar-refractivity contribution >= 4 is 17.6 Å². The summed E-state index contributed by atoms with van der Waals surface area (Å²) >= 11 is 5.85. The van der Waals surface area contributed by atoms with Gasteiger partial charge in [-0.2, -0.15) is 5.10 Å². The molecule has 0 saturated carbocycles. The third kappa shape index (κ3) is 2.84. The SMILES string of the molecule is Cc1nn(Cc2ccc(Cl)cc2)c(C)c1[C@H]([NH3+])C(=O)[O-]. The molecule has 0 aliphatic rings. The molecular weight excluding hydrogens is 278 g/mol. The number of carbonyl (C=O) groups excluding carboxylic acids is 1. The van der Waals surface area contributed by atoms with Gasteiger partial charge in [0, 0.05) is 10.7 Å². The predicted molar refractivity (Wildman–Crippen MR) is 72.9 cm³/mol. The lowest BCUT2D eigenvalue weighted by molar-refractivity contribution is -0.443. The van der Waals surface area contributed by atoms with Gasteiger partial charge in [-0.05, 0) is 31.5 Å². The monoisotopic (exact) mass is 293 g/mol. The first-order valence-corrected chi connectivity index (χ1v) is 6.60. The van der Waals surface area contributed by atoms with Crippen molar-refractivity contribution in [2.24, 2.45) is 0 Å². The molecule has 0 spiro atoms. The van der Waals surface area contributed by atoms with Crippen molar-refractivity contribution in [2.75, 3.05) is 0 Å². The molecule has 6 heteroatoms. The zero-order valence-electron chi connectivity index (χ0n) is 11.4. The number of hydrogen-bond donors (Lipinski definition) is 1. The molecule has 106 valence electrons. The van der Waals surface area contributed by atoms with E-state index in [4.69, 9.17) is 11.6 Å². The standard InChI is InChI=1S/C14H16ClN3O2/c1-8-12(13(16)14(19)20)9(2)18(17-8)7-10-3-5-11(15)6-4-10/h3-6,13H,7,16H2,1-2H3,(H,19,20)/t13-/m0/s1. The minimum atomic E-state index is -1.19. The van der Waals surface area contributed by atoms with E-state index in [2.05, 4.69) is 10.8 Å². The number of hydrogen-bond acceptors (Lipinski definition) is 3. The van der Waals surface area contributed by atoms with E-state index < -0.39 is 12.0 Å². The summed E-state index contributed by atoms with van der Waals surface area (Å²) in [6, 6.07) is 6.55. The summed E-state index contributed by atoms with van der Waals surface area (Å²) in [5.41, 5.74) is 6.76. The van der Waals surface area contributed by atoms with Crippen LogP contribution in [0.3, 0.4) is 0 Å². The van der Waals surface area contributed by atoms with Crippen LogP contribution in [0.15, 0.2) is 24.3 Å². The minimum absolute atomic E-state index is 0.559. The summed E-state index contributed by atoms with van der Waals surface area (Å²) in [4.78, 5) is 11.0. The average Bonchev–Trinajstić information content (AvgIpc) is 2.66. The Kier molecular flexibility index (Phi) is 4.11. The van der Waals surface area contributed by atoms with E-state index in [9.17, 15) is 9.90 Å². The van der Waals surface area contributed by atoms with Gasteiger partial charge in [0.25, 0.3) is 0 Å². The Morgan fingerprint density at radius 1 is 1.40 bits per heavy atom. The fourth-order valence-corrected chi connectivity index (χ4v) is 2.38. The van der Waals surface area contributed by atoms with E-state index in [0.717, 1.165) is 11.3 Å². The van der Waals surface area contributed by atoms with Crippen molar-refractivity contribution in [3.8, 4) is 0 Å². The summed E-state index contributed by atoms with van der Waals surface area (Å²) in [5, 5.41) is 16.0. The molecule has 0 aliphatic heterocycles. The van der Waals surface area contributed by atoms with Crippen molar-refractivity contribution < 1.29 is 15.6 Å². The van der Waals surface area contributed by atoms with Crippen LogP contribution in [0.4, 0.5) is 0 Å². The maximum Gasteiger partial charge on any atom is 0.154 e. The minimum Gasteiger partial charge on any atom is -0.544 e. The zero-order chi connectivity index (χ0) is 14.9. The Bertz CT molecular complexity index is 635. The first kappa shape index (κ1) is 14.6. The smallest absolute Gasteiger partial charge is 0.154 e. The number of carboxylic acids is 1. The van der Waals surface area contributed by atoms with Gasteiger partial charge in [-0.1, -0.05) is 23.7 Å². The second-order valence-corrected chi connectivity index (χ2v) is 5.18. The van der Waals surface area contributed by atoms with Gasteiger partial charge in [0.15, 0.2) is 6.04 Å². The van der Waals surface area contributed by atoms with Crippen molar-refractivity contribution in [3.63, 3.8) is 0 Å². The Morgan fingerprint density at radius 2 is 2.00 bits per heavy atom. The lowest BCUT2D eigenvalue weighted by atomic mass is 10.1. The molecule has 2 rings (SSSR count). The second kappa shape index (κ2) is 5.64. The first-order valence-electron chi connectivity index (χ1n) is 6.22. The van der Waals surface area contributed by atoms with E-state index in [-0.39, 0.29) is 0 Å². The summed E-state index contributed by atoms with van der Waals surface area (Å²) < 4.78 is 1.77. The molecule has 0 fully saturated rings. The van der Waals surface area contributed by atoms with Crippen LogP contribution in [0.1, 0.15) is 28.6 Å². The largest absolute Gasteiger partial charge is 0.544 e. The molecular formula is C14H16ClN3O2. The molecule has 20 heavy (non-hydrogen) atoms. The number of nitrogens with zero attached hydrogens (tertiary/aromatic N) is 2. The number of benzene rings is 1. The van der Waals surface area contributed by atoms with Gasteiger partial charge >= 0.3 is 0 Å². The first-order chi connectivity index (χ1) is 9.40. The number of quaternary nitrogens is 1. The van der Waals surface area contributed by atoms with Gasteiger partial charge in [0.1, 0.15) is 5.97 Å². The van der Waals surface area contributed by atoms with E-state index in [1.807, 2.05) is 31.2 Å². The predicted octanol–water partition coefficient (Wildman–Crippen LogP) is 0.235.